The zero-order valence-corrected chi connectivity index (χ0v) is 11.6. The normalized spacial score (nSPS) is 17.9. The third-order valence-electron chi connectivity index (χ3n) is 3.51. The van der Waals surface area contributed by atoms with Gasteiger partial charge in [0.25, 0.3) is 0 Å². The second-order valence-corrected chi connectivity index (χ2v) is 4.88. The smallest absolute Gasteiger partial charge is 0.429 e. The first kappa shape index (κ1) is 16.9. The van der Waals surface area contributed by atoms with Crippen molar-refractivity contribution in [2.24, 2.45) is 5.92 Å². The van der Waals surface area contributed by atoms with Crippen molar-refractivity contribution in [2.75, 3.05) is 0 Å². The van der Waals surface area contributed by atoms with Crippen LogP contribution in [0.25, 0.3) is 5.57 Å². The summed E-state index contributed by atoms with van der Waals surface area (Å²) in [7, 11) is 0. The molecule has 2 rings (SSSR count). The van der Waals surface area contributed by atoms with Gasteiger partial charge in [0.05, 0.1) is 0 Å². The van der Waals surface area contributed by atoms with Gasteiger partial charge in [-0.3, -0.25) is 0 Å². The topological polar surface area (TPSA) is 40.5 Å². The molecule has 20 heavy (non-hydrogen) atoms. The third kappa shape index (κ3) is 4.73. The van der Waals surface area contributed by atoms with E-state index in [1.54, 1.807) is 12.1 Å². The van der Waals surface area contributed by atoms with E-state index in [4.69, 9.17) is 10.0 Å². The molecule has 2 N–H and O–H groups in total. The fraction of sp³-hybridized carbons (Fsp3) is 0.467. The molecular weight excluding hydrogens is 261 g/mol. The summed E-state index contributed by atoms with van der Waals surface area (Å²) in [6.45, 7) is 2.19. The molecule has 5 heteroatoms. The van der Waals surface area contributed by atoms with Crippen LogP contribution in [0.1, 0.15) is 44.6 Å². The molecular formula is C15H20BF2O2. The molecule has 1 aliphatic rings. The van der Waals surface area contributed by atoms with Crippen LogP contribution in [0.15, 0.2) is 24.3 Å². The predicted octanol–water partition coefficient (Wildman–Crippen LogP) is 3.45. The van der Waals surface area contributed by atoms with E-state index in [-0.39, 0.29) is 7.69 Å². The summed E-state index contributed by atoms with van der Waals surface area (Å²) in [4.78, 5) is 0. The Balaban J connectivity index is 0.000000612. The van der Waals surface area contributed by atoms with Crippen LogP contribution in [0, 0.1) is 17.6 Å². The molecule has 0 saturated heterocycles. The van der Waals surface area contributed by atoms with Gasteiger partial charge in [0.2, 0.25) is 0 Å². The maximum atomic E-state index is 13.6. The third-order valence-corrected chi connectivity index (χ3v) is 3.51. The molecule has 0 aliphatic heterocycles. The predicted molar refractivity (Wildman–Crippen MR) is 76.8 cm³/mol. The number of rotatable bonds is 3. The van der Waals surface area contributed by atoms with Gasteiger partial charge in [-0.05, 0) is 36.8 Å². The van der Waals surface area contributed by atoms with E-state index in [2.05, 4.69) is 13.0 Å². The fourth-order valence-corrected chi connectivity index (χ4v) is 2.56. The average molecular weight is 281 g/mol. The van der Waals surface area contributed by atoms with Crippen molar-refractivity contribution in [1.82, 2.24) is 0 Å². The molecule has 0 fully saturated rings. The van der Waals surface area contributed by atoms with Crippen molar-refractivity contribution in [3.63, 3.8) is 0 Å². The van der Waals surface area contributed by atoms with Gasteiger partial charge in [-0.25, -0.2) is 8.78 Å². The van der Waals surface area contributed by atoms with Gasteiger partial charge in [0.1, 0.15) is 0 Å². The van der Waals surface area contributed by atoms with E-state index in [0.29, 0.717) is 5.56 Å². The van der Waals surface area contributed by atoms with Crippen LogP contribution in [0.2, 0.25) is 0 Å². The second-order valence-electron chi connectivity index (χ2n) is 4.88. The molecule has 0 bridgehead atoms. The Kier molecular flexibility index (Phi) is 7.48. The number of hydrogen-bond donors (Lipinski definition) is 2. The molecule has 0 heterocycles. The maximum absolute atomic E-state index is 13.6. The lowest BCUT2D eigenvalue weighted by Gasteiger charge is -2.21. The van der Waals surface area contributed by atoms with Crippen LogP contribution < -0.4 is 0 Å². The van der Waals surface area contributed by atoms with Gasteiger partial charge in [-0.15, -0.1) is 0 Å². The molecule has 0 saturated carbocycles. The minimum atomic E-state index is -0.751. The molecule has 109 valence electrons. The zero-order valence-electron chi connectivity index (χ0n) is 11.6. The molecule has 1 atom stereocenters. The highest BCUT2D eigenvalue weighted by Crippen LogP contribution is 2.33. The molecule has 0 aromatic heterocycles. The lowest BCUT2D eigenvalue weighted by molar-refractivity contribution is 0.443. The first-order valence-electron chi connectivity index (χ1n) is 6.87. The van der Waals surface area contributed by atoms with E-state index >= 15 is 0 Å². The van der Waals surface area contributed by atoms with Crippen LogP contribution in [-0.2, 0) is 0 Å². The Morgan fingerprint density at radius 3 is 2.55 bits per heavy atom. The lowest BCUT2D eigenvalue weighted by atomic mass is 9.84. The molecule has 1 aromatic carbocycles. The van der Waals surface area contributed by atoms with E-state index in [1.807, 2.05) is 0 Å². The van der Waals surface area contributed by atoms with Crippen molar-refractivity contribution >= 4 is 13.3 Å². The van der Waals surface area contributed by atoms with Crippen molar-refractivity contribution in [3.8, 4) is 0 Å². The quantitative estimate of drug-likeness (QED) is 0.833. The van der Waals surface area contributed by atoms with E-state index in [0.717, 1.165) is 30.8 Å². The number of benzene rings is 1. The van der Waals surface area contributed by atoms with Gasteiger partial charge in [0.15, 0.2) is 11.6 Å². The van der Waals surface area contributed by atoms with Crippen molar-refractivity contribution in [2.45, 2.75) is 39.0 Å². The highest BCUT2D eigenvalue weighted by molar-refractivity contribution is 6.13. The summed E-state index contributed by atoms with van der Waals surface area (Å²) in [5.41, 5.74) is 1.41. The number of halogens is 2. The highest BCUT2D eigenvalue weighted by Gasteiger charge is 2.18. The van der Waals surface area contributed by atoms with Gasteiger partial charge < -0.3 is 10.0 Å². The van der Waals surface area contributed by atoms with Crippen LogP contribution in [0.4, 0.5) is 8.78 Å². The maximum Gasteiger partial charge on any atom is 0.482 e. The Hall–Kier alpha value is -1.20. The van der Waals surface area contributed by atoms with E-state index in [9.17, 15) is 8.78 Å². The molecule has 0 spiro atoms. The summed E-state index contributed by atoms with van der Waals surface area (Å²) >= 11 is 0. The molecule has 1 radical (unpaired) electrons. The average Bonchev–Trinajstić information content (AvgIpc) is 2.44. The van der Waals surface area contributed by atoms with E-state index in [1.165, 1.54) is 18.9 Å². The Labute approximate surface area is 119 Å². The van der Waals surface area contributed by atoms with Gasteiger partial charge in [-0.1, -0.05) is 38.0 Å². The molecule has 1 aliphatic carbocycles. The molecule has 2 nitrogen and oxygen atoms in total. The summed E-state index contributed by atoms with van der Waals surface area (Å²) < 4.78 is 26.7. The summed E-state index contributed by atoms with van der Waals surface area (Å²) in [6, 6.07) is 4.42. The van der Waals surface area contributed by atoms with Crippen LogP contribution in [0.3, 0.4) is 0 Å². The minimum absolute atomic E-state index is 0. The fourth-order valence-electron chi connectivity index (χ4n) is 2.56. The van der Waals surface area contributed by atoms with Crippen molar-refractivity contribution in [1.29, 1.82) is 0 Å². The molecule has 0 amide bonds. The largest absolute Gasteiger partial charge is 0.482 e. The molecule has 1 unspecified atom stereocenters. The summed E-state index contributed by atoms with van der Waals surface area (Å²) in [5, 5.41) is 14.0. The highest BCUT2D eigenvalue weighted by atomic mass is 19.2. The van der Waals surface area contributed by atoms with Crippen molar-refractivity contribution in [3.05, 3.63) is 41.5 Å². The Morgan fingerprint density at radius 2 is 2.00 bits per heavy atom. The lowest BCUT2D eigenvalue weighted by Crippen LogP contribution is -2.06. The van der Waals surface area contributed by atoms with Gasteiger partial charge >= 0.3 is 7.69 Å². The number of allylic oxidation sites excluding steroid dienone is 2. The summed E-state index contributed by atoms with van der Waals surface area (Å²) in [5.74, 6) is -0.729. The Bertz CT molecular complexity index is 449. The Morgan fingerprint density at radius 1 is 1.30 bits per heavy atom. The monoisotopic (exact) mass is 281 g/mol. The van der Waals surface area contributed by atoms with Crippen LogP contribution >= 0.6 is 0 Å². The van der Waals surface area contributed by atoms with Crippen molar-refractivity contribution < 1.29 is 18.8 Å². The zero-order chi connectivity index (χ0) is 15.0. The SMILES string of the molecule is CCCC1CC=C(c2cccc(F)c2F)CC1.O[B]O. The standard InChI is InChI=1S/C15H18F2.BH2O2/c1-2-4-11-7-9-12(10-8-11)13-5-3-6-14(16)15(13)17;2-1-3/h3,5-6,9,11H,2,4,7-8,10H2,1H3;2-3H. The summed E-state index contributed by atoms with van der Waals surface area (Å²) in [6.07, 6.45) is 7.47. The molecule has 1 aromatic rings. The minimum Gasteiger partial charge on any atom is -0.429 e. The first-order chi connectivity index (χ1) is 9.63. The second kappa shape index (κ2) is 8.87. The van der Waals surface area contributed by atoms with E-state index < -0.39 is 11.6 Å². The van der Waals surface area contributed by atoms with Gasteiger partial charge in [-0.2, -0.15) is 0 Å². The van der Waals surface area contributed by atoms with Crippen LogP contribution in [0.5, 0.6) is 0 Å². The van der Waals surface area contributed by atoms with Crippen LogP contribution in [-0.4, -0.2) is 17.7 Å². The number of hydrogen-bond acceptors (Lipinski definition) is 2. The van der Waals surface area contributed by atoms with Gasteiger partial charge in [0, 0.05) is 5.56 Å². The first-order valence-corrected chi connectivity index (χ1v) is 6.87.